The lowest BCUT2D eigenvalue weighted by atomic mass is 9.98. The fraction of sp³-hybridized carbons (Fsp3) is 0.263. The first-order valence-electron chi connectivity index (χ1n) is 7.80. The van der Waals surface area contributed by atoms with Crippen molar-refractivity contribution in [3.05, 3.63) is 65.0 Å². The minimum Gasteiger partial charge on any atom is -0.494 e. The van der Waals surface area contributed by atoms with Crippen molar-refractivity contribution in [2.75, 3.05) is 13.7 Å². The molecule has 0 aliphatic heterocycles. The molecule has 2 aromatic rings. The zero-order valence-electron chi connectivity index (χ0n) is 14.1. The molecule has 2 N–H and O–H groups in total. The molecular formula is C19H20FNO4. The summed E-state index contributed by atoms with van der Waals surface area (Å²) in [7, 11) is 1.33. The van der Waals surface area contributed by atoms with Crippen LogP contribution in [0.1, 0.15) is 21.5 Å². The fourth-order valence-electron chi connectivity index (χ4n) is 2.50. The average Bonchev–Trinajstić information content (AvgIpc) is 2.58. The van der Waals surface area contributed by atoms with Gasteiger partial charge in [-0.05, 0) is 37.1 Å². The summed E-state index contributed by atoms with van der Waals surface area (Å²) in [4.78, 5) is 23.6. The van der Waals surface area contributed by atoms with Gasteiger partial charge in [-0.2, -0.15) is 0 Å². The number of benzene rings is 2. The molecule has 0 aliphatic carbocycles. The van der Waals surface area contributed by atoms with E-state index in [2.05, 4.69) is 5.32 Å². The van der Waals surface area contributed by atoms with E-state index in [4.69, 9.17) is 4.74 Å². The van der Waals surface area contributed by atoms with Crippen molar-refractivity contribution in [2.24, 2.45) is 5.92 Å². The molecule has 25 heavy (non-hydrogen) atoms. The predicted octanol–water partition coefficient (Wildman–Crippen LogP) is 2.82. The van der Waals surface area contributed by atoms with Gasteiger partial charge in [-0.25, -0.2) is 4.39 Å². The van der Waals surface area contributed by atoms with Crippen LogP contribution in [-0.4, -0.2) is 30.6 Å². The Kier molecular flexibility index (Phi) is 6.11. The van der Waals surface area contributed by atoms with E-state index in [1.54, 1.807) is 0 Å². The Morgan fingerprint density at radius 3 is 2.60 bits per heavy atom. The van der Waals surface area contributed by atoms with E-state index in [0.29, 0.717) is 6.42 Å². The molecule has 0 heterocycles. The Balaban J connectivity index is 2.02. The molecule has 0 aliphatic rings. The number of carboxylic acid groups (broad SMARTS) is 1. The van der Waals surface area contributed by atoms with Gasteiger partial charge >= 0.3 is 5.97 Å². The normalized spacial score (nSPS) is 11.6. The maximum atomic E-state index is 13.7. The second-order valence-corrected chi connectivity index (χ2v) is 5.79. The predicted molar refractivity (Wildman–Crippen MR) is 91.3 cm³/mol. The number of amides is 1. The van der Waals surface area contributed by atoms with E-state index < -0.39 is 23.6 Å². The second kappa shape index (κ2) is 8.28. The lowest BCUT2D eigenvalue weighted by Crippen LogP contribution is -2.34. The van der Waals surface area contributed by atoms with Crippen LogP contribution in [0.2, 0.25) is 0 Å². The number of aryl methyl sites for hydroxylation is 1. The van der Waals surface area contributed by atoms with Crippen LogP contribution in [0, 0.1) is 18.7 Å². The van der Waals surface area contributed by atoms with Crippen molar-refractivity contribution in [3.8, 4) is 5.75 Å². The summed E-state index contributed by atoms with van der Waals surface area (Å²) in [5.41, 5.74) is 2.04. The lowest BCUT2D eigenvalue weighted by Gasteiger charge is -2.14. The first-order chi connectivity index (χ1) is 11.9. The molecule has 5 nitrogen and oxygen atoms in total. The summed E-state index contributed by atoms with van der Waals surface area (Å²) in [6.45, 7) is 1.88. The summed E-state index contributed by atoms with van der Waals surface area (Å²) in [6.07, 6.45) is 0.300. The molecule has 0 bridgehead atoms. The highest BCUT2D eigenvalue weighted by Crippen LogP contribution is 2.18. The summed E-state index contributed by atoms with van der Waals surface area (Å²) >= 11 is 0. The van der Waals surface area contributed by atoms with Crippen LogP contribution in [0.4, 0.5) is 4.39 Å². The Morgan fingerprint density at radius 1 is 1.24 bits per heavy atom. The Bertz CT molecular complexity index is 776. The summed E-state index contributed by atoms with van der Waals surface area (Å²) in [5.74, 6) is -2.90. The highest BCUT2D eigenvalue weighted by atomic mass is 19.1. The van der Waals surface area contributed by atoms with Gasteiger partial charge in [0, 0.05) is 12.1 Å². The Labute approximate surface area is 145 Å². The molecule has 1 unspecified atom stereocenters. The molecule has 0 saturated carbocycles. The number of aliphatic carboxylic acids is 1. The monoisotopic (exact) mass is 345 g/mol. The van der Waals surface area contributed by atoms with Crippen molar-refractivity contribution in [1.29, 1.82) is 0 Å². The van der Waals surface area contributed by atoms with E-state index >= 15 is 0 Å². The van der Waals surface area contributed by atoms with Gasteiger partial charge in [0.15, 0.2) is 11.6 Å². The number of carbonyl (C=O) groups is 2. The SMILES string of the molecule is COc1ccc(C(=O)NCC(Cc2cccc(C)c2)C(=O)O)cc1F. The van der Waals surface area contributed by atoms with Gasteiger partial charge < -0.3 is 15.2 Å². The Morgan fingerprint density at radius 2 is 2.00 bits per heavy atom. The third-order valence-electron chi connectivity index (χ3n) is 3.84. The second-order valence-electron chi connectivity index (χ2n) is 5.79. The van der Waals surface area contributed by atoms with Crippen LogP contribution >= 0.6 is 0 Å². The number of ether oxygens (including phenoxy) is 1. The quantitative estimate of drug-likeness (QED) is 0.809. The van der Waals surface area contributed by atoms with Gasteiger partial charge in [0.25, 0.3) is 5.91 Å². The number of nitrogens with one attached hydrogen (secondary N) is 1. The topological polar surface area (TPSA) is 75.6 Å². The first kappa shape index (κ1) is 18.4. The summed E-state index contributed by atoms with van der Waals surface area (Å²) in [6, 6.07) is 11.4. The number of hydrogen-bond donors (Lipinski definition) is 2. The zero-order valence-corrected chi connectivity index (χ0v) is 14.1. The van der Waals surface area contributed by atoms with E-state index in [1.165, 1.54) is 19.2 Å². The minimum absolute atomic E-state index is 0.0411. The van der Waals surface area contributed by atoms with Crippen molar-refractivity contribution in [3.63, 3.8) is 0 Å². The smallest absolute Gasteiger partial charge is 0.308 e. The van der Waals surface area contributed by atoms with Gasteiger partial charge in [0.2, 0.25) is 0 Å². The number of rotatable bonds is 7. The van der Waals surface area contributed by atoms with Crippen LogP contribution in [0.3, 0.4) is 0 Å². The van der Waals surface area contributed by atoms with Crippen LogP contribution < -0.4 is 10.1 Å². The molecule has 0 saturated heterocycles. The molecule has 132 valence electrons. The van der Waals surface area contributed by atoms with Crippen molar-refractivity contribution < 1.29 is 23.8 Å². The van der Waals surface area contributed by atoms with E-state index in [9.17, 15) is 19.1 Å². The number of halogens is 1. The van der Waals surface area contributed by atoms with E-state index in [1.807, 2.05) is 31.2 Å². The lowest BCUT2D eigenvalue weighted by molar-refractivity contribution is -0.141. The van der Waals surface area contributed by atoms with Crippen LogP contribution in [0.15, 0.2) is 42.5 Å². The molecule has 0 spiro atoms. The third kappa shape index (κ3) is 5.04. The molecule has 0 aromatic heterocycles. The average molecular weight is 345 g/mol. The number of methoxy groups -OCH3 is 1. The maximum Gasteiger partial charge on any atom is 0.308 e. The standard InChI is InChI=1S/C19H20FNO4/c1-12-4-3-5-13(8-12)9-15(19(23)24)11-21-18(22)14-6-7-17(25-2)16(20)10-14/h3-8,10,15H,9,11H2,1-2H3,(H,21,22)(H,23,24). The molecule has 1 atom stereocenters. The van der Waals surface area contributed by atoms with Crippen LogP contribution in [-0.2, 0) is 11.2 Å². The number of carboxylic acids is 1. The molecule has 0 fully saturated rings. The first-order valence-corrected chi connectivity index (χ1v) is 7.80. The molecule has 0 radical (unpaired) electrons. The molecular weight excluding hydrogens is 325 g/mol. The third-order valence-corrected chi connectivity index (χ3v) is 3.84. The molecule has 2 rings (SSSR count). The number of carbonyl (C=O) groups excluding carboxylic acids is 1. The highest BCUT2D eigenvalue weighted by Gasteiger charge is 2.20. The molecule has 2 aromatic carbocycles. The van der Waals surface area contributed by atoms with Gasteiger partial charge in [-0.3, -0.25) is 9.59 Å². The summed E-state index contributed by atoms with van der Waals surface area (Å²) in [5, 5.41) is 11.9. The van der Waals surface area contributed by atoms with E-state index in [0.717, 1.165) is 17.2 Å². The zero-order chi connectivity index (χ0) is 18.4. The largest absolute Gasteiger partial charge is 0.494 e. The number of hydrogen-bond acceptors (Lipinski definition) is 3. The van der Waals surface area contributed by atoms with Gasteiger partial charge in [-0.15, -0.1) is 0 Å². The van der Waals surface area contributed by atoms with E-state index in [-0.39, 0.29) is 17.9 Å². The Hall–Kier alpha value is -2.89. The van der Waals surface area contributed by atoms with Crippen molar-refractivity contribution >= 4 is 11.9 Å². The minimum atomic E-state index is -0.997. The van der Waals surface area contributed by atoms with Crippen molar-refractivity contribution in [2.45, 2.75) is 13.3 Å². The fourth-order valence-corrected chi connectivity index (χ4v) is 2.50. The maximum absolute atomic E-state index is 13.7. The summed E-state index contributed by atoms with van der Waals surface area (Å²) < 4.78 is 18.5. The van der Waals surface area contributed by atoms with Crippen molar-refractivity contribution in [1.82, 2.24) is 5.32 Å². The van der Waals surface area contributed by atoms with Gasteiger partial charge in [0.05, 0.1) is 13.0 Å². The highest BCUT2D eigenvalue weighted by molar-refractivity contribution is 5.94. The van der Waals surface area contributed by atoms with Crippen LogP contribution in [0.5, 0.6) is 5.75 Å². The molecule has 1 amide bonds. The van der Waals surface area contributed by atoms with Gasteiger partial charge in [-0.1, -0.05) is 29.8 Å². The van der Waals surface area contributed by atoms with Crippen LogP contribution in [0.25, 0.3) is 0 Å². The van der Waals surface area contributed by atoms with Gasteiger partial charge in [0.1, 0.15) is 0 Å². The molecule has 6 heteroatoms.